The molecule has 0 aromatic heterocycles. The van der Waals surface area contributed by atoms with E-state index in [1.165, 1.54) is 12.0 Å². The van der Waals surface area contributed by atoms with Gasteiger partial charge in [0.25, 0.3) is 5.91 Å². The molecular formula is C16H17NO4. The molecular weight excluding hydrogens is 270 g/mol. The van der Waals surface area contributed by atoms with Crippen LogP contribution in [0.25, 0.3) is 5.57 Å². The van der Waals surface area contributed by atoms with Crippen LogP contribution in [0.2, 0.25) is 0 Å². The van der Waals surface area contributed by atoms with Crippen LogP contribution in [0.5, 0.6) is 5.75 Å². The smallest absolute Gasteiger partial charge is 0.328 e. The molecule has 110 valence electrons. The Labute approximate surface area is 123 Å². The van der Waals surface area contributed by atoms with Crippen LogP contribution in [-0.2, 0) is 14.3 Å². The highest BCUT2D eigenvalue weighted by atomic mass is 16.5. The zero-order chi connectivity index (χ0) is 15.0. The van der Waals surface area contributed by atoms with Crippen LogP contribution in [0.1, 0.15) is 18.9 Å². The molecule has 5 nitrogen and oxygen atoms in total. The van der Waals surface area contributed by atoms with Crippen LogP contribution < -0.4 is 4.74 Å². The van der Waals surface area contributed by atoms with Gasteiger partial charge in [-0.15, -0.1) is 0 Å². The van der Waals surface area contributed by atoms with E-state index in [0.717, 1.165) is 11.1 Å². The number of allylic oxidation sites excluding steroid dienone is 1. The first-order chi connectivity index (χ1) is 10.1. The predicted molar refractivity (Wildman–Crippen MR) is 76.6 cm³/mol. The van der Waals surface area contributed by atoms with Gasteiger partial charge < -0.3 is 14.4 Å². The summed E-state index contributed by atoms with van der Waals surface area (Å²) in [6, 6.07) is 7.14. The number of para-hydroxylation sites is 1. The lowest BCUT2D eigenvalue weighted by Gasteiger charge is -2.40. The van der Waals surface area contributed by atoms with Gasteiger partial charge in [-0.2, -0.15) is 0 Å². The number of likely N-dealkylation sites (tertiary alicyclic amines) is 1. The van der Waals surface area contributed by atoms with Gasteiger partial charge in [-0.05, 0) is 31.1 Å². The lowest BCUT2D eigenvalue weighted by molar-refractivity contribution is -0.162. The van der Waals surface area contributed by atoms with E-state index in [1.807, 2.05) is 31.2 Å². The second-order valence-corrected chi connectivity index (χ2v) is 5.24. The first kappa shape index (κ1) is 13.7. The normalized spacial score (nSPS) is 23.3. The third-order valence-electron chi connectivity index (χ3n) is 3.99. The summed E-state index contributed by atoms with van der Waals surface area (Å²) in [5, 5.41) is 0. The molecule has 5 heteroatoms. The standard InChI is InChI=1S/C16H17NO4/c1-10-9-14(21-13-6-4-3-5-11(10)13)15(18)17-8-7-12(17)16(19)20-2/h3-6,9,12,14H,7-8H2,1-2H3. The first-order valence-electron chi connectivity index (χ1n) is 6.94. The number of hydrogen-bond acceptors (Lipinski definition) is 4. The molecule has 2 atom stereocenters. The fourth-order valence-electron chi connectivity index (χ4n) is 2.70. The van der Waals surface area contributed by atoms with Crippen molar-refractivity contribution in [1.82, 2.24) is 4.90 Å². The Kier molecular flexibility index (Phi) is 3.41. The minimum absolute atomic E-state index is 0.189. The second-order valence-electron chi connectivity index (χ2n) is 5.24. The van der Waals surface area contributed by atoms with Gasteiger partial charge in [0.2, 0.25) is 0 Å². The molecule has 0 saturated carbocycles. The van der Waals surface area contributed by atoms with Gasteiger partial charge in [-0.1, -0.05) is 18.2 Å². The van der Waals surface area contributed by atoms with Gasteiger partial charge in [0.05, 0.1) is 7.11 Å². The number of benzene rings is 1. The Morgan fingerprint density at radius 2 is 2.10 bits per heavy atom. The molecule has 1 saturated heterocycles. The van der Waals surface area contributed by atoms with Gasteiger partial charge in [0.1, 0.15) is 11.8 Å². The van der Waals surface area contributed by atoms with Crippen LogP contribution in [0.4, 0.5) is 0 Å². The van der Waals surface area contributed by atoms with E-state index in [4.69, 9.17) is 9.47 Å². The molecule has 1 fully saturated rings. The number of nitrogens with zero attached hydrogens (tertiary/aromatic N) is 1. The minimum atomic E-state index is -0.674. The maximum absolute atomic E-state index is 12.5. The average Bonchev–Trinajstić information content (AvgIpc) is 2.45. The largest absolute Gasteiger partial charge is 0.476 e. The summed E-state index contributed by atoms with van der Waals surface area (Å²) in [6.45, 7) is 2.52. The van der Waals surface area contributed by atoms with E-state index in [-0.39, 0.29) is 11.9 Å². The molecule has 1 aromatic carbocycles. The van der Waals surface area contributed by atoms with Crippen LogP contribution in [0.3, 0.4) is 0 Å². The van der Waals surface area contributed by atoms with Gasteiger partial charge in [0.15, 0.2) is 6.10 Å². The van der Waals surface area contributed by atoms with Crippen molar-refractivity contribution in [3.63, 3.8) is 0 Å². The summed E-state index contributed by atoms with van der Waals surface area (Å²) in [5.74, 6) is 0.142. The molecule has 0 radical (unpaired) electrons. The molecule has 1 aromatic rings. The monoisotopic (exact) mass is 287 g/mol. The lowest BCUT2D eigenvalue weighted by Crippen LogP contribution is -2.58. The van der Waals surface area contributed by atoms with E-state index in [9.17, 15) is 9.59 Å². The SMILES string of the molecule is COC(=O)C1CCN1C(=O)C1C=C(C)c2ccccc2O1. The summed E-state index contributed by atoms with van der Waals surface area (Å²) >= 11 is 0. The van der Waals surface area contributed by atoms with Crippen molar-refractivity contribution in [3.8, 4) is 5.75 Å². The minimum Gasteiger partial charge on any atom is -0.476 e. The van der Waals surface area contributed by atoms with Crippen molar-refractivity contribution in [2.45, 2.75) is 25.5 Å². The number of carbonyl (C=O) groups excluding carboxylic acids is 2. The molecule has 2 aliphatic heterocycles. The van der Waals surface area contributed by atoms with E-state index >= 15 is 0 Å². The number of rotatable bonds is 2. The van der Waals surface area contributed by atoms with E-state index < -0.39 is 12.1 Å². The molecule has 1 amide bonds. The summed E-state index contributed by atoms with van der Waals surface area (Å²) in [6.07, 6.45) is 1.77. The molecule has 0 spiro atoms. The van der Waals surface area contributed by atoms with Crippen molar-refractivity contribution in [3.05, 3.63) is 35.9 Å². The van der Waals surface area contributed by atoms with Crippen LogP contribution in [0, 0.1) is 0 Å². The van der Waals surface area contributed by atoms with Crippen molar-refractivity contribution in [2.75, 3.05) is 13.7 Å². The Hall–Kier alpha value is -2.30. The summed E-state index contributed by atoms with van der Waals surface area (Å²) in [7, 11) is 1.33. The predicted octanol–water partition coefficient (Wildman–Crippen LogP) is 1.62. The highest BCUT2D eigenvalue weighted by molar-refractivity contribution is 5.92. The number of fused-ring (bicyclic) bond motifs is 1. The van der Waals surface area contributed by atoms with Crippen molar-refractivity contribution < 1.29 is 19.1 Å². The fourth-order valence-corrected chi connectivity index (χ4v) is 2.70. The quantitative estimate of drug-likeness (QED) is 0.776. The highest BCUT2D eigenvalue weighted by Gasteiger charge is 2.41. The first-order valence-corrected chi connectivity index (χ1v) is 6.94. The number of carbonyl (C=O) groups is 2. The number of esters is 1. The number of amides is 1. The van der Waals surface area contributed by atoms with E-state index in [0.29, 0.717) is 18.7 Å². The topological polar surface area (TPSA) is 55.8 Å². The van der Waals surface area contributed by atoms with Crippen molar-refractivity contribution in [2.24, 2.45) is 0 Å². The zero-order valence-electron chi connectivity index (χ0n) is 12.0. The molecule has 0 bridgehead atoms. The molecule has 21 heavy (non-hydrogen) atoms. The Bertz CT molecular complexity index is 622. The highest BCUT2D eigenvalue weighted by Crippen LogP contribution is 2.32. The van der Waals surface area contributed by atoms with E-state index in [1.54, 1.807) is 6.08 Å². The maximum atomic E-state index is 12.5. The van der Waals surface area contributed by atoms with E-state index in [2.05, 4.69) is 0 Å². The summed E-state index contributed by atoms with van der Waals surface area (Å²) in [5.41, 5.74) is 2.00. The molecule has 0 aliphatic carbocycles. The molecule has 2 heterocycles. The summed E-state index contributed by atoms with van der Waals surface area (Å²) in [4.78, 5) is 25.6. The molecule has 2 unspecified atom stereocenters. The van der Waals surface area contributed by atoms with Gasteiger partial charge >= 0.3 is 5.97 Å². The Morgan fingerprint density at radius 1 is 1.33 bits per heavy atom. The molecule has 3 rings (SSSR count). The fraction of sp³-hybridized carbons (Fsp3) is 0.375. The molecule has 0 N–H and O–H groups in total. The van der Waals surface area contributed by atoms with Gasteiger partial charge in [-0.25, -0.2) is 4.79 Å². The van der Waals surface area contributed by atoms with Crippen LogP contribution in [0.15, 0.2) is 30.3 Å². The van der Waals surface area contributed by atoms with Crippen LogP contribution in [-0.4, -0.2) is 42.6 Å². The Morgan fingerprint density at radius 3 is 2.76 bits per heavy atom. The number of hydrogen-bond donors (Lipinski definition) is 0. The van der Waals surface area contributed by atoms with Gasteiger partial charge in [-0.3, -0.25) is 4.79 Å². The third kappa shape index (κ3) is 2.28. The van der Waals surface area contributed by atoms with Gasteiger partial charge in [0, 0.05) is 12.1 Å². The zero-order valence-corrected chi connectivity index (χ0v) is 12.0. The Balaban J connectivity index is 1.79. The average molecular weight is 287 g/mol. The maximum Gasteiger partial charge on any atom is 0.328 e. The van der Waals surface area contributed by atoms with Crippen molar-refractivity contribution >= 4 is 17.4 Å². The van der Waals surface area contributed by atoms with Crippen molar-refractivity contribution in [1.29, 1.82) is 0 Å². The third-order valence-corrected chi connectivity index (χ3v) is 3.99. The number of methoxy groups -OCH3 is 1. The summed E-state index contributed by atoms with van der Waals surface area (Å²) < 4.78 is 10.5. The molecule has 2 aliphatic rings. The second kappa shape index (κ2) is 5.24. The number of ether oxygens (including phenoxy) is 2. The lowest BCUT2D eigenvalue weighted by atomic mass is 9.98. The van der Waals surface area contributed by atoms with Crippen LogP contribution >= 0.6 is 0 Å².